The lowest BCUT2D eigenvalue weighted by Gasteiger charge is -2.24. The van der Waals surface area contributed by atoms with E-state index in [4.69, 9.17) is 27.5 Å². The number of esters is 1. The van der Waals surface area contributed by atoms with Crippen molar-refractivity contribution in [1.29, 1.82) is 0 Å². The van der Waals surface area contributed by atoms with E-state index >= 15 is 0 Å². The highest BCUT2D eigenvalue weighted by atomic mass is 32.2. The number of rotatable bonds is 15. The van der Waals surface area contributed by atoms with Crippen LogP contribution in [-0.4, -0.2) is 56.1 Å². The SMILES string of the molecule is COc1ccc(COC(=O)CC(SCCC[Si](OC)(OC)OC)c2ccccc2)cc1OC. The number of ether oxygens (including phenoxy) is 3. The predicted molar refractivity (Wildman–Crippen MR) is 132 cm³/mol. The van der Waals surface area contributed by atoms with Crippen molar-refractivity contribution in [3.05, 3.63) is 59.7 Å². The maximum atomic E-state index is 12.7. The van der Waals surface area contributed by atoms with Gasteiger partial charge in [-0.05, 0) is 35.4 Å². The summed E-state index contributed by atoms with van der Waals surface area (Å²) in [5.41, 5.74) is 1.93. The minimum atomic E-state index is -2.59. The van der Waals surface area contributed by atoms with Gasteiger partial charge in [0.2, 0.25) is 0 Å². The number of carbonyl (C=O) groups excluding carboxylic acids is 1. The molecule has 1 unspecified atom stereocenters. The number of methoxy groups -OCH3 is 2. The van der Waals surface area contributed by atoms with Gasteiger partial charge in [-0.15, -0.1) is 0 Å². The molecule has 0 saturated carbocycles. The number of carbonyl (C=O) groups is 1. The minimum absolute atomic E-state index is 0.00666. The molecule has 0 aliphatic rings. The van der Waals surface area contributed by atoms with Crippen LogP contribution in [0.3, 0.4) is 0 Å². The van der Waals surface area contributed by atoms with Crippen molar-refractivity contribution in [3.8, 4) is 11.5 Å². The average Bonchev–Trinajstić information content (AvgIpc) is 2.87. The van der Waals surface area contributed by atoms with Gasteiger partial charge in [0.25, 0.3) is 0 Å². The molecule has 0 aliphatic carbocycles. The second-order valence-corrected chi connectivity index (χ2v) is 11.6. The lowest BCUT2D eigenvalue weighted by molar-refractivity contribution is -0.144. The van der Waals surface area contributed by atoms with Crippen LogP contribution in [0.25, 0.3) is 0 Å². The topological polar surface area (TPSA) is 72.5 Å². The summed E-state index contributed by atoms with van der Waals surface area (Å²) in [5, 5.41) is -0.00666. The van der Waals surface area contributed by atoms with Gasteiger partial charge in [-0.25, -0.2) is 0 Å². The molecule has 1 atom stereocenters. The van der Waals surface area contributed by atoms with E-state index < -0.39 is 8.80 Å². The van der Waals surface area contributed by atoms with Crippen LogP contribution in [0.5, 0.6) is 11.5 Å². The molecule has 2 rings (SSSR count). The van der Waals surface area contributed by atoms with Crippen LogP contribution < -0.4 is 9.47 Å². The highest BCUT2D eigenvalue weighted by Crippen LogP contribution is 2.34. The first-order chi connectivity index (χ1) is 16.0. The van der Waals surface area contributed by atoms with E-state index in [1.807, 2.05) is 42.5 Å². The third-order valence-corrected chi connectivity index (χ3v) is 9.45. The van der Waals surface area contributed by atoms with Crippen LogP contribution in [0.4, 0.5) is 0 Å². The normalized spacial score (nSPS) is 12.3. The van der Waals surface area contributed by atoms with Crippen molar-refractivity contribution in [2.24, 2.45) is 0 Å². The number of hydrogen-bond acceptors (Lipinski definition) is 8. The van der Waals surface area contributed by atoms with Gasteiger partial charge in [-0.1, -0.05) is 36.4 Å². The molecule has 0 aliphatic heterocycles. The molecule has 33 heavy (non-hydrogen) atoms. The Kier molecular flexibility index (Phi) is 11.8. The zero-order valence-corrected chi connectivity index (χ0v) is 21.8. The molecule has 0 aromatic heterocycles. The molecule has 182 valence electrons. The molecular weight excluding hydrogens is 460 g/mol. The van der Waals surface area contributed by atoms with E-state index in [1.165, 1.54) is 0 Å². The third-order valence-electron chi connectivity index (χ3n) is 5.25. The van der Waals surface area contributed by atoms with Crippen LogP contribution in [-0.2, 0) is 29.4 Å². The summed E-state index contributed by atoms with van der Waals surface area (Å²) < 4.78 is 32.6. The summed E-state index contributed by atoms with van der Waals surface area (Å²) in [6.45, 7) is 0.176. The van der Waals surface area contributed by atoms with Crippen molar-refractivity contribution in [3.63, 3.8) is 0 Å². The highest BCUT2D eigenvalue weighted by Gasteiger charge is 2.37. The van der Waals surface area contributed by atoms with E-state index in [0.717, 1.165) is 29.3 Å². The molecule has 0 N–H and O–H groups in total. The molecule has 9 heteroatoms. The first-order valence-corrected chi connectivity index (χ1v) is 13.7. The average molecular weight is 495 g/mol. The van der Waals surface area contributed by atoms with Crippen molar-refractivity contribution in [1.82, 2.24) is 0 Å². The molecule has 0 radical (unpaired) electrons. The lowest BCUT2D eigenvalue weighted by atomic mass is 10.1. The summed E-state index contributed by atoms with van der Waals surface area (Å²) in [7, 11) is 5.43. The molecular formula is C24H34O7SSi. The summed E-state index contributed by atoms with van der Waals surface area (Å²) in [6.07, 6.45) is 1.14. The zero-order chi connectivity index (χ0) is 24.1. The maximum Gasteiger partial charge on any atom is 0.500 e. The molecule has 2 aromatic rings. The van der Waals surface area contributed by atoms with Crippen LogP contribution in [0, 0.1) is 0 Å². The Morgan fingerprint density at radius 2 is 1.58 bits per heavy atom. The maximum absolute atomic E-state index is 12.7. The fraction of sp³-hybridized carbons (Fsp3) is 0.458. The largest absolute Gasteiger partial charge is 0.500 e. The minimum Gasteiger partial charge on any atom is -0.493 e. The van der Waals surface area contributed by atoms with E-state index in [1.54, 1.807) is 53.4 Å². The fourth-order valence-corrected chi connectivity index (χ4v) is 6.53. The second-order valence-electron chi connectivity index (χ2n) is 7.22. The predicted octanol–water partition coefficient (Wildman–Crippen LogP) is 4.88. The van der Waals surface area contributed by atoms with E-state index in [0.29, 0.717) is 11.5 Å². The molecule has 0 heterocycles. The highest BCUT2D eigenvalue weighted by molar-refractivity contribution is 7.99. The molecule has 0 fully saturated rings. The fourth-order valence-electron chi connectivity index (χ4n) is 3.36. The van der Waals surface area contributed by atoms with Gasteiger partial charge in [0, 0.05) is 32.6 Å². The standard InChI is InChI=1S/C24H34O7SSi/c1-26-21-13-12-19(16-22(21)27-2)18-31-24(25)17-23(20-10-7-6-8-11-20)32-14-9-15-33(28-3,29-4)30-5/h6-8,10-13,16,23H,9,14-15,17-18H2,1-5H3. The van der Waals surface area contributed by atoms with Gasteiger partial charge in [-0.3, -0.25) is 4.79 Å². The van der Waals surface area contributed by atoms with E-state index in [-0.39, 0.29) is 24.2 Å². The van der Waals surface area contributed by atoms with Gasteiger partial charge in [-0.2, -0.15) is 11.8 Å². The van der Waals surface area contributed by atoms with Crippen LogP contribution in [0.2, 0.25) is 6.04 Å². The third kappa shape index (κ3) is 8.35. The molecule has 2 aromatic carbocycles. The van der Waals surface area contributed by atoms with Crippen molar-refractivity contribution in [2.75, 3.05) is 41.3 Å². The molecule has 0 saturated heterocycles. The number of thioether (sulfide) groups is 1. The second kappa shape index (κ2) is 14.3. The van der Waals surface area contributed by atoms with Gasteiger partial charge in [0.1, 0.15) is 6.61 Å². The summed E-state index contributed by atoms with van der Waals surface area (Å²) in [6, 6.07) is 16.2. The van der Waals surface area contributed by atoms with Crippen molar-refractivity contribution in [2.45, 2.75) is 30.7 Å². The van der Waals surface area contributed by atoms with Crippen molar-refractivity contribution >= 4 is 26.5 Å². The van der Waals surface area contributed by atoms with Gasteiger partial charge >= 0.3 is 14.8 Å². The molecule has 7 nitrogen and oxygen atoms in total. The quantitative estimate of drug-likeness (QED) is 0.197. The summed E-state index contributed by atoms with van der Waals surface area (Å²) in [4.78, 5) is 12.7. The van der Waals surface area contributed by atoms with Crippen LogP contribution in [0.15, 0.2) is 48.5 Å². The first-order valence-electron chi connectivity index (χ1n) is 10.7. The van der Waals surface area contributed by atoms with Crippen molar-refractivity contribution < 1.29 is 32.3 Å². The summed E-state index contributed by atoms with van der Waals surface area (Å²) >= 11 is 1.73. The summed E-state index contributed by atoms with van der Waals surface area (Å²) in [5.74, 6) is 1.83. The molecule has 0 bridgehead atoms. The van der Waals surface area contributed by atoms with Crippen LogP contribution >= 0.6 is 11.8 Å². The Hall–Kier alpha value is -2.04. The Labute approximate surface area is 202 Å². The van der Waals surface area contributed by atoms with E-state index in [2.05, 4.69) is 0 Å². The zero-order valence-electron chi connectivity index (χ0n) is 20.0. The lowest BCUT2D eigenvalue weighted by Crippen LogP contribution is -2.42. The Balaban J connectivity index is 1.94. The van der Waals surface area contributed by atoms with E-state index in [9.17, 15) is 4.79 Å². The Morgan fingerprint density at radius 3 is 2.18 bits per heavy atom. The molecule has 0 amide bonds. The molecule has 0 spiro atoms. The number of benzene rings is 2. The van der Waals surface area contributed by atoms with Gasteiger partial charge in [0.05, 0.1) is 20.6 Å². The number of hydrogen-bond donors (Lipinski definition) is 0. The smallest absolute Gasteiger partial charge is 0.493 e. The Morgan fingerprint density at radius 1 is 0.909 bits per heavy atom. The monoisotopic (exact) mass is 494 g/mol. The van der Waals surface area contributed by atoms with Gasteiger partial charge < -0.3 is 27.5 Å². The first kappa shape index (κ1) is 27.2. The van der Waals surface area contributed by atoms with Crippen LogP contribution in [0.1, 0.15) is 29.2 Å². The Bertz CT molecular complexity index is 838. The van der Waals surface area contributed by atoms with Gasteiger partial charge in [0.15, 0.2) is 11.5 Å².